The SMILES string of the molecule is O=S(=O)(Oc1cc(OCc2ccccc2)ccc1C=C(Br)Br)C(F)(F)F. The molecule has 2 aromatic carbocycles. The second-order valence-electron chi connectivity index (χ2n) is 4.89. The number of rotatable bonds is 6. The average Bonchev–Trinajstić information content (AvgIpc) is 2.54. The fourth-order valence-electron chi connectivity index (χ4n) is 1.82. The molecule has 0 unspecified atom stereocenters. The monoisotopic (exact) mass is 514 g/mol. The summed E-state index contributed by atoms with van der Waals surface area (Å²) in [6.07, 6.45) is 1.35. The van der Waals surface area contributed by atoms with Gasteiger partial charge in [0, 0.05) is 11.6 Å². The van der Waals surface area contributed by atoms with E-state index >= 15 is 0 Å². The molecule has 0 saturated heterocycles. The average molecular weight is 516 g/mol. The van der Waals surface area contributed by atoms with Crippen LogP contribution in [0.15, 0.2) is 51.9 Å². The lowest BCUT2D eigenvalue weighted by Crippen LogP contribution is -2.28. The Bertz CT molecular complexity index is 893. The fourth-order valence-corrected chi connectivity index (χ4v) is 2.79. The number of benzene rings is 2. The largest absolute Gasteiger partial charge is 0.534 e. The van der Waals surface area contributed by atoms with Crippen LogP contribution in [0.4, 0.5) is 13.2 Å². The molecular weight excluding hydrogens is 505 g/mol. The Kier molecular flexibility index (Phi) is 6.75. The van der Waals surface area contributed by atoms with Crippen LogP contribution >= 0.6 is 31.9 Å². The first-order valence-electron chi connectivity index (χ1n) is 6.93. The molecule has 0 spiro atoms. The summed E-state index contributed by atoms with van der Waals surface area (Å²) >= 11 is 6.13. The van der Waals surface area contributed by atoms with Crippen LogP contribution < -0.4 is 8.92 Å². The zero-order chi connectivity index (χ0) is 19.4. The van der Waals surface area contributed by atoms with Gasteiger partial charge >= 0.3 is 15.6 Å². The number of halogens is 5. The van der Waals surface area contributed by atoms with E-state index in [1.165, 1.54) is 18.2 Å². The summed E-state index contributed by atoms with van der Waals surface area (Å²) in [6.45, 7) is 0.156. The van der Waals surface area contributed by atoms with Crippen molar-refractivity contribution in [2.24, 2.45) is 0 Å². The molecule has 0 aliphatic heterocycles. The quantitative estimate of drug-likeness (QED) is 0.372. The Labute approximate surface area is 165 Å². The minimum absolute atomic E-state index is 0.105. The third-order valence-electron chi connectivity index (χ3n) is 2.98. The highest BCUT2D eigenvalue weighted by Crippen LogP contribution is 2.34. The maximum atomic E-state index is 12.6. The van der Waals surface area contributed by atoms with Crippen molar-refractivity contribution in [1.82, 2.24) is 0 Å². The van der Waals surface area contributed by atoms with Gasteiger partial charge in [0.25, 0.3) is 0 Å². The Balaban J connectivity index is 2.32. The molecule has 2 rings (SSSR count). The molecule has 0 aromatic heterocycles. The summed E-state index contributed by atoms with van der Waals surface area (Å²) in [7, 11) is -5.81. The third-order valence-corrected chi connectivity index (χ3v) is 4.40. The number of hydrogen-bond donors (Lipinski definition) is 0. The molecule has 0 atom stereocenters. The number of alkyl halides is 3. The summed E-state index contributed by atoms with van der Waals surface area (Å²) < 4.78 is 70.6. The van der Waals surface area contributed by atoms with Crippen molar-refractivity contribution in [1.29, 1.82) is 0 Å². The van der Waals surface area contributed by atoms with Crippen molar-refractivity contribution < 1.29 is 30.5 Å². The standard InChI is InChI=1S/C16H11Br2F3O4S/c17-15(18)8-12-6-7-13(24-10-11-4-2-1-3-5-11)9-14(12)25-26(22,23)16(19,20)21/h1-9H,10H2. The van der Waals surface area contributed by atoms with Gasteiger partial charge < -0.3 is 8.92 Å². The first-order valence-corrected chi connectivity index (χ1v) is 9.92. The summed E-state index contributed by atoms with van der Waals surface area (Å²) in [4.78, 5) is 0. The van der Waals surface area contributed by atoms with Crippen LogP contribution in [-0.4, -0.2) is 13.9 Å². The van der Waals surface area contributed by atoms with Gasteiger partial charge in [0.2, 0.25) is 0 Å². The lowest BCUT2D eigenvalue weighted by Gasteiger charge is -2.13. The van der Waals surface area contributed by atoms with Crippen molar-refractivity contribution in [3.05, 3.63) is 63.0 Å². The van der Waals surface area contributed by atoms with Gasteiger partial charge in [-0.15, -0.1) is 0 Å². The Hall–Kier alpha value is -1.52. The minimum Gasteiger partial charge on any atom is -0.489 e. The van der Waals surface area contributed by atoms with Gasteiger partial charge in [-0.25, -0.2) is 0 Å². The van der Waals surface area contributed by atoms with Gasteiger partial charge in [-0.1, -0.05) is 30.3 Å². The van der Waals surface area contributed by atoms with Crippen LogP contribution in [0.5, 0.6) is 11.5 Å². The van der Waals surface area contributed by atoms with Gasteiger partial charge in [-0.05, 0) is 55.6 Å². The first-order chi connectivity index (χ1) is 12.1. The third kappa shape index (κ3) is 5.75. The van der Waals surface area contributed by atoms with Gasteiger partial charge in [-0.3, -0.25) is 0 Å². The van der Waals surface area contributed by atoms with Gasteiger partial charge in [0.1, 0.15) is 12.4 Å². The van der Waals surface area contributed by atoms with Crippen LogP contribution in [0.3, 0.4) is 0 Å². The molecule has 0 amide bonds. The first kappa shape index (κ1) is 20.8. The van der Waals surface area contributed by atoms with Crippen LogP contribution in [0.1, 0.15) is 11.1 Å². The Morgan fingerprint density at radius 1 is 1.08 bits per heavy atom. The topological polar surface area (TPSA) is 52.6 Å². The van der Waals surface area contributed by atoms with Crippen molar-refractivity contribution >= 4 is 48.1 Å². The normalized spacial score (nSPS) is 11.7. The predicted octanol–water partition coefficient (Wildman–Crippen LogP) is 5.58. The maximum absolute atomic E-state index is 12.6. The summed E-state index contributed by atoms with van der Waals surface area (Å²) in [5, 5.41) is 0. The second-order valence-corrected chi connectivity index (χ2v) is 9.20. The van der Waals surface area contributed by atoms with Crippen molar-refractivity contribution in [3.8, 4) is 11.5 Å². The van der Waals surface area contributed by atoms with Gasteiger partial charge in [0.05, 0.1) is 3.39 Å². The van der Waals surface area contributed by atoms with Gasteiger partial charge in [0.15, 0.2) is 5.75 Å². The number of ether oxygens (including phenoxy) is 1. The summed E-state index contributed by atoms with van der Waals surface area (Å²) in [5.74, 6) is -0.353. The highest BCUT2D eigenvalue weighted by Gasteiger charge is 2.48. The highest BCUT2D eigenvalue weighted by atomic mass is 79.9. The van der Waals surface area contributed by atoms with E-state index in [-0.39, 0.29) is 17.9 Å². The Morgan fingerprint density at radius 2 is 1.73 bits per heavy atom. The lowest BCUT2D eigenvalue weighted by molar-refractivity contribution is -0.0500. The molecule has 0 aliphatic rings. The van der Waals surface area contributed by atoms with E-state index < -0.39 is 21.4 Å². The van der Waals surface area contributed by atoms with E-state index in [1.807, 2.05) is 30.3 Å². The van der Waals surface area contributed by atoms with Crippen LogP contribution in [0, 0.1) is 0 Å². The van der Waals surface area contributed by atoms with E-state index in [4.69, 9.17) is 4.74 Å². The molecular formula is C16H11Br2F3O4S. The molecule has 0 heterocycles. The lowest BCUT2D eigenvalue weighted by atomic mass is 10.2. The molecule has 4 nitrogen and oxygen atoms in total. The van der Waals surface area contributed by atoms with E-state index in [9.17, 15) is 21.6 Å². The molecule has 0 radical (unpaired) electrons. The highest BCUT2D eigenvalue weighted by molar-refractivity contribution is 9.28. The summed E-state index contributed by atoms with van der Waals surface area (Å²) in [5.41, 5.74) is -4.60. The number of hydrogen-bond acceptors (Lipinski definition) is 4. The molecule has 26 heavy (non-hydrogen) atoms. The fraction of sp³-hybridized carbons (Fsp3) is 0.125. The Morgan fingerprint density at radius 3 is 2.31 bits per heavy atom. The van der Waals surface area contributed by atoms with E-state index in [0.717, 1.165) is 11.6 Å². The predicted molar refractivity (Wildman–Crippen MR) is 98.6 cm³/mol. The molecule has 0 fully saturated rings. The van der Waals surface area contributed by atoms with E-state index in [0.29, 0.717) is 3.39 Å². The molecule has 0 aliphatic carbocycles. The van der Waals surface area contributed by atoms with Crippen molar-refractivity contribution in [2.75, 3.05) is 0 Å². The molecule has 140 valence electrons. The molecule has 0 bridgehead atoms. The van der Waals surface area contributed by atoms with Crippen LogP contribution in [-0.2, 0) is 16.7 Å². The van der Waals surface area contributed by atoms with Crippen LogP contribution in [0.2, 0.25) is 0 Å². The zero-order valence-corrected chi connectivity index (χ0v) is 16.8. The van der Waals surface area contributed by atoms with E-state index in [2.05, 4.69) is 36.0 Å². The molecule has 10 heteroatoms. The van der Waals surface area contributed by atoms with E-state index in [1.54, 1.807) is 0 Å². The second kappa shape index (κ2) is 8.45. The van der Waals surface area contributed by atoms with Crippen molar-refractivity contribution in [3.63, 3.8) is 0 Å². The zero-order valence-electron chi connectivity index (χ0n) is 12.8. The molecule has 0 saturated carbocycles. The maximum Gasteiger partial charge on any atom is 0.534 e. The summed E-state index contributed by atoms with van der Waals surface area (Å²) in [6, 6.07) is 13.0. The minimum atomic E-state index is -5.81. The van der Waals surface area contributed by atoms with Crippen molar-refractivity contribution in [2.45, 2.75) is 12.1 Å². The van der Waals surface area contributed by atoms with Gasteiger partial charge in [-0.2, -0.15) is 21.6 Å². The van der Waals surface area contributed by atoms with Crippen LogP contribution in [0.25, 0.3) is 6.08 Å². The molecule has 2 aromatic rings. The molecule has 0 N–H and O–H groups in total. The smallest absolute Gasteiger partial charge is 0.489 e.